The van der Waals surface area contributed by atoms with Gasteiger partial charge in [0.2, 0.25) is 11.0 Å². The zero-order valence-corrected chi connectivity index (χ0v) is 16.8. The van der Waals surface area contributed by atoms with Gasteiger partial charge in [-0.2, -0.15) is 0 Å². The molecule has 1 saturated heterocycles. The molecule has 29 heavy (non-hydrogen) atoms. The SMILES string of the molecule is O=C(c1ccc(F)cc1)C1CCN(CCN2C(=O)C3C=CC=CC3=NC2=S)CC1. The summed E-state index contributed by atoms with van der Waals surface area (Å²) in [4.78, 5) is 33.6. The maximum absolute atomic E-state index is 13.1. The van der Waals surface area contributed by atoms with Crippen molar-refractivity contribution in [1.29, 1.82) is 0 Å². The summed E-state index contributed by atoms with van der Waals surface area (Å²) in [5.41, 5.74) is 1.27. The molecule has 0 spiro atoms. The number of carbonyl (C=O) groups excluding carboxylic acids is 2. The molecule has 0 N–H and O–H groups in total. The lowest BCUT2D eigenvalue weighted by molar-refractivity contribution is -0.128. The largest absolute Gasteiger partial charge is 0.302 e. The lowest BCUT2D eigenvalue weighted by Gasteiger charge is -2.35. The van der Waals surface area contributed by atoms with Gasteiger partial charge in [0.15, 0.2) is 5.78 Å². The van der Waals surface area contributed by atoms with Crippen LogP contribution in [0.15, 0.2) is 53.6 Å². The maximum Gasteiger partial charge on any atom is 0.241 e. The Morgan fingerprint density at radius 3 is 2.59 bits per heavy atom. The molecule has 5 nitrogen and oxygen atoms in total. The van der Waals surface area contributed by atoms with Crippen molar-refractivity contribution in [3.63, 3.8) is 0 Å². The molecule has 0 bridgehead atoms. The molecule has 1 aromatic rings. The summed E-state index contributed by atoms with van der Waals surface area (Å²) < 4.78 is 13.1. The van der Waals surface area contributed by atoms with E-state index < -0.39 is 0 Å². The van der Waals surface area contributed by atoms with E-state index in [0.717, 1.165) is 25.9 Å². The first-order chi connectivity index (χ1) is 14.0. The Kier molecular flexibility index (Phi) is 5.78. The van der Waals surface area contributed by atoms with Crippen LogP contribution >= 0.6 is 12.2 Å². The summed E-state index contributed by atoms with van der Waals surface area (Å²) >= 11 is 5.33. The number of ketones is 1. The van der Waals surface area contributed by atoms with E-state index in [-0.39, 0.29) is 29.3 Å². The van der Waals surface area contributed by atoms with Crippen LogP contribution in [-0.2, 0) is 4.79 Å². The van der Waals surface area contributed by atoms with Crippen LogP contribution in [0.4, 0.5) is 4.39 Å². The second kappa shape index (κ2) is 8.47. The fourth-order valence-electron chi connectivity index (χ4n) is 4.00. The summed E-state index contributed by atoms with van der Waals surface area (Å²) in [6, 6.07) is 5.76. The topological polar surface area (TPSA) is 53.0 Å². The number of nitrogens with zero attached hydrogens (tertiary/aromatic N) is 3. The molecule has 1 atom stereocenters. The molecule has 7 heteroatoms. The van der Waals surface area contributed by atoms with E-state index in [1.54, 1.807) is 17.0 Å². The van der Waals surface area contributed by atoms with E-state index in [9.17, 15) is 14.0 Å². The predicted octanol–water partition coefficient (Wildman–Crippen LogP) is 3.03. The Labute approximate surface area is 174 Å². The minimum atomic E-state index is -0.342. The molecule has 4 rings (SSSR count). The van der Waals surface area contributed by atoms with Gasteiger partial charge in [0.05, 0.1) is 11.6 Å². The number of piperidine rings is 1. The summed E-state index contributed by atoms with van der Waals surface area (Å²) in [6.07, 6.45) is 8.91. The van der Waals surface area contributed by atoms with Gasteiger partial charge in [-0.1, -0.05) is 18.2 Å². The molecule has 1 aliphatic carbocycles. The number of amides is 1. The number of hydrogen-bond acceptors (Lipinski definition) is 4. The van der Waals surface area contributed by atoms with Gasteiger partial charge in [-0.25, -0.2) is 9.38 Å². The van der Waals surface area contributed by atoms with E-state index in [1.165, 1.54) is 12.1 Å². The lowest BCUT2D eigenvalue weighted by atomic mass is 9.89. The molecule has 1 aromatic carbocycles. The molecule has 2 heterocycles. The highest BCUT2D eigenvalue weighted by molar-refractivity contribution is 7.80. The summed E-state index contributed by atoms with van der Waals surface area (Å²) in [7, 11) is 0. The number of carbonyl (C=O) groups is 2. The number of halogens is 1. The minimum Gasteiger partial charge on any atom is -0.302 e. The van der Waals surface area contributed by atoms with Crippen LogP contribution in [0.25, 0.3) is 0 Å². The van der Waals surface area contributed by atoms with Crippen LogP contribution in [0, 0.1) is 17.7 Å². The van der Waals surface area contributed by atoms with E-state index >= 15 is 0 Å². The van der Waals surface area contributed by atoms with Crippen molar-refractivity contribution in [2.45, 2.75) is 12.8 Å². The van der Waals surface area contributed by atoms with Crippen LogP contribution in [0.1, 0.15) is 23.2 Å². The van der Waals surface area contributed by atoms with Crippen LogP contribution in [-0.4, -0.2) is 58.5 Å². The van der Waals surface area contributed by atoms with Gasteiger partial charge >= 0.3 is 0 Å². The van der Waals surface area contributed by atoms with Crippen LogP contribution in [0.3, 0.4) is 0 Å². The predicted molar refractivity (Wildman–Crippen MR) is 113 cm³/mol. The Bertz CT molecular complexity index is 914. The number of fused-ring (bicyclic) bond motifs is 1. The first kappa shape index (κ1) is 19.8. The highest BCUT2D eigenvalue weighted by Crippen LogP contribution is 2.23. The van der Waals surface area contributed by atoms with E-state index in [2.05, 4.69) is 9.89 Å². The van der Waals surface area contributed by atoms with Crippen molar-refractivity contribution in [2.75, 3.05) is 26.2 Å². The van der Waals surface area contributed by atoms with Crippen molar-refractivity contribution in [3.8, 4) is 0 Å². The van der Waals surface area contributed by atoms with Gasteiger partial charge in [-0.3, -0.25) is 14.5 Å². The van der Waals surface area contributed by atoms with Gasteiger partial charge in [-0.05, 0) is 68.5 Å². The maximum atomic E-state index is 13.1. The second-order valence-corrected chi connectivity index (χ2v) is 7.88. The summed E-state index contributed by atoms with van der Waals surface area (Å²) in [5, 5.41) is 0.322. The van der Waals surface area contributed by atoms with Crippen molar-refractivity contribution < 1.29 is 14.0 Å². The highest BCUT2D eigenvalue weighted by atomic mass is 32.1. The van der Waals surface area contributed by atoms with E-state index in [4.69, 9.17) is 12.2 Å². The smallest absolute Gasteiger partial charge is 0.241 e. The first-order valence-corrected chi connectivity index (χ1v) is 10.2. The number of rotatable bonds is 5. The van der Waals surface area contributed by atoms with Crippen LogP contribution < -0.4 is 0 Å². The van der Waals surface area contributed by atoms with Crippen molar-refractivity contribution >= 4 is 34.7 Å². The molecule has 0 saturated carbocycles. The first-order valence-electron chi connectivity index (χ1n) is 9.84. The number of Topliss-reactive ketones (excluding diaryl/α,β-unsaturated/α-hetero) is 1. The molecule has 0 aromatic heterocycles. The average molecular weight is 412 g/mol. The molecular formula is C22H22FN3O2S. The molecule has 1 fully saturated rings. The average Bonchev–Trinajstić information content (AvgIpc) is 2.74. The third kappa shape index (κ3) is 4.26. The van der Waals surface area contributed by atoms with Crippen molar-refractivity contribution in [3.05, 3.63) is 60.0 Å². The molecular weight excluding hydrogens is 389 g/mol. The monoisotopic (exact) mass is 411 g/mol. The molecule has 3 aliphatic rings. The molecule has 0 radical (unpaired) electrons. The normalized spacial score (nSPS) is 22.6. The van der Waals surface area contributed by atoms with Gasteiger partial charge in [0.25, 0.3) is 0 Å². The third-order valence-corrected chi connectivity index (χ3v) is 6.03. The number of aliphatic imine (C=N–C) groups is 1. The number of likely N-dealkylation sites (tertiary alicyclic amines) is 1. The second-order valence-electron chi connectivity index (χ2n) is 7.52. The molecule has 2 aliphatic heterocycles. The van der Waals surface area contributed by atoms with Crippen molar-refractivity contribution in [2.24, 2.45) is 16.8 Å². The third-order valence-electron chi connectivity index (χ3n) is 5.71. The molecule has 1 unspecified atom stereocenters. The van der Waals surface area contributed by atoms with Gasteiger partial charge in [0.1, 0.15) is 5.82 Å². The number of hydrogen-bond donors (Lipinski definition) is 0. The minimum absolute atomic E-state index is 0.0260. The zero-order chi connectivity index (χ0) is 20.4. The van der Waals surface area contributed by atoms with E-state index in [0.29, 0.717) is 29.5 Å². The fraction of sp³-hybridized carbons (Fsp3) is 0.364. The fourth-order valence-corrected chi connectivity index (χ4v) is 4.28. The Balaban J connectivity index is 1.29. The lowest BCUT2D eigenvalue weighted by Crippen LogP contribution is -2.49. The zero-order valence-electron chi connectivity index (χ0n) is 16.0. The number of thiocarbonyl (C=S) groups is 1. The summed E-state index contributed by atoms with van der Waals surface area (Å²) in [5.74, 6) is -0.665. The number of allylic oxidation sites excluding steroid dienone is 3. The molecule has 150 valence electrons. The van der Waals surface area contributed by atoms with Crippen LogP contribution in [0.2, 0.25) is 0 Å². The molecule has 1 amide bonds. The quantitative estimate of drug-likeness (QED) is 0.552. The Morgan fingerprint density at radius 2 is 1.86 bits per heavy atom. The van der Waals surface area contributed by atoms with Gasteiger partial charge in [0, 0.05) is 24.6 Å². The highest BCUT2D eigenvalue weighted by Gasteiger charge is 2.34. The van der Waals surface area contributed by atoms with Crippen LogP contribution in [0.5, 0.6) is 0 Å². The number of benzene rings is 1. The summed E-state index contributed by atoms with van der Waals surface area (Å²) in [6.45, 7) is 2.76. The van der Waals surface area contributed by atoms with E-state index in [1.807, 2.05) is 24.3 Å². The Morgan fingerprint density at radius 1 is 1.14 bits per heavy atom. The van der Waals surface area contributed by atoms with Crippen molar-refractivity contribution in [1.82, 2.24) is 9.80 Å². The van der Waals surface area contributed by atoms with Gasteiger partial charge in [-0.15, -0.1) is 0 Å². The van der Waals surface area contributed by atoms with Gasteiger partial charge < -0.3 is 4.90 Å². The Hall–Kier alpha value is -2.51. The standard InChI is InChI=1S/C22H22FN3O2S/c23-17-7-5-15(6-8-17)20(27)16-9-11-25(12-10-16)13-14-26-21(28)18-3-1-2-4-19(18)24-22(26)29/h1-8,16,18H,9-14H2.